The molecule has 0 aromatic heterocycles. The summed E-state index contributed by atoms with van der Waals surface area (Å²) in [5.74, 6) is -0.661. The zero-order valence-corrected chi connectivity index (χ0v) is 18.9. The smallest absolute Gasteiger partial charge is 0.338 e. The third-order valence-corrected chi connectivity index (χ3v) is 8.10. The molecule has 8 heteroatoms. The summed E-state index contributed by atoms with van der Waals surface area (Å²) in [5, 5.41) is 2.94. The van der Waals surface area contributed by atoms with E-state index >= 15 is 0 Å². The van der Waals surface area contributed by atoms with Gasteiger partial charge in [0.25, 0.3) is 15.9 Å². The first-order chi connectivity index (χ1) is 15.4. The predicted molar refractivity (Wildman–Crippen MR) is 121 cm³/mol. The number of anilines is 1. The van der Waals surface area contributed by atoms with Gasteiger partial charge in [0.05, 0.1) is 16.1 Å². The average Bonchev–Trinajstić information content (AvgIpc) is 3.24. The minimum Gasteiger partial charge on any atom is -0.452 e. The summed E-state index contributed by atoms with van der Waals surface area (Å²) in [7, 11) is -3.82. The molecule has 2 aliphatic rings. The Morgan fingerprint density at radius 2 is 1.88 bits per heavy atom. The van der Waals surface area contributed by atoms with Crippen LogP contribution in [-0.4, -0.2) is 39.5 Å². The summed E-state index contributed by atoms with van der Waals surface area (Å²) in [6, 6.07) is 13.3. The van der Waals surface area contributed by atoms with Crippen LogP contribution in [0, 0.1) is 5.92 Å². The first-order valence-corrected chi connectivity index (χ1v) is 12.5. The number of rotatable bonds is 6. The Morgan fingerprint density at radius 1 is 1.09 bits per heavy atom. The van der Waals surface area contributed by atoms with Crippen LogP contribution < -0.4 is 9.62 Å². The van der Waals surface area contributed by atoms with Crippen LogP contribution >= 0.6 is 0 Å². The highest BCUT2D eigenvalue weighted by Crippen LogP contribution is 2.32. The van der Waals surface area contributed by atoms with E-state index in [0.717, 1.165) is 24.8 Å². The van der Waals surface area contributed by atoms with E-state index in [0.29, 0.717) is 24.6 Å². The van der Waals surface area contributed by atoms with Gasteiger partial charge in [0.2, 0.25) is 0 Å². The lowest BCUT2D eigenvalue weighted by Gasteiger charge is -2.29. The number of carbonyl (C=O) groups is 2. The van der Waals surface area contributed by atoms with Crippen molar-refractivity contribution in [2.24, 2.45) is 5.92 Å². The molecule has 1 saturated carbocycles. The van der Waals surface area contributed by atoms with Crippen molar-refractivity contribution in [2.75, 3.05) is 17.5 Å². The maximum Gasteiger partial charge on any atom is 0.338 e. The average molecular weight is 457 g/mol. The van der Waals surface area contributed by atoms with E-state index < -0.39 is 22.6 Å². The summed E-state index contributed by atoms with van der Waals surface area (Å²) in [6.07, 6.45) is 4.91. The van der Waals surface area contributed by atoms with Gasteiger partial charge in [0.15, 0.2) is 6.61 Å². The molecule has 7 nitrogen and oxygen atoms in total. The third-order valence-electron chi connectivity index (χ3n) is 6.29. The molecule has 0 saturated heterocycles. The van der Waals surface area contributed by atoms with Crippen LogP contribution in [0.25, 0.3) is 0 Å². The lowest BCUT2D eigenvalue weighted by molar-refractivity contribution is -0.125. The zero-order valence-electron chi connectivity index (χ0n) is 18.1. The number of carbonyl (C=O) groups excluding carboxylic acids is 2. The Hall–Kier alpha value is -2.87. The Balaban J connectivity index is 1.41. The topological polar surface area (TPSA) is 92.8 Å². The molecule has 4 rings (SSSR count). The van der Waals surface area contributed by atoms with Crippen LogP contribution in [0.2, 0.25) is 0 Å². The molecule has 1 fully saturated rings. The van der Waals surface area contributed by atoms with Gasteiger partial charge in [-0.3, -0.25) is 9.10 Å². The molecule has 0 spiro atoms. The van der Waals surface area contributed by atoms with Gasteiger partial charge in [-0.15, -0.1) is 0 Å². The van der Waals surface area contributed by atoms with Crippen LogP contribution in [0.1, 0.15) is 48.5 Å². The second-order valence-corrected chi connectivity index (χ2v) is 10.4. The molecule has 170 valence electrons. The largest absolute Gasteiger partial charge is 0.452 e. The number of hydrogen-bond acceptors (Lipinski definition) is 5. The maximum absolute atomic E-state index is 13.2. The van der Waals surface area contributed by atoms with Crippen molar-refractivity contribution in [3.63, 3.8) is 0 Å². The number of fused-ring (bicyclic) bond motifs is 1. The molecule has 2 aromatic rings. The van der Waals surface area contributed by atoms with Crippen LogP contribution in [0.15, 0.2) is 53.4 Å². The molecule has 0 bridgehead atoms. The van der Waals surface area contributed by atoms with Crippen molar-refractivity contribution in [1.29, 1.82) is 0 Å². The molecule has 2 atom stereocenters. The van der Waals surface area contributed by atoms with Gasteiger partial charge >= 0.3 is 5.97 Å². The van der Waals surface area contributed by atoms with Crippen LogP contribution in [0.4, 0.5) is 5.69 Å². The van der Waals surface area contributed by atoms with E-state index in [1.807, 2.05) is 12.1 Å². The Labute approximate surface area is 188 Å². The molecule has 1 heterocycles. The Morgan fingerprint density at radius 3 is 2.69 bits per heavy atom. The van der Waals surface area contributed by atoms with Gasteiger partial charge < -0.3 is 10.1 Å². The lowest BCUT2D eigenvalue weighted by atomic mass is 9.86. The van der Waals surface area contributed by atoms with E-state index in [2.05, 4.69) is 12.2 Å². The Kier molecular flexibility index (Phi) is 6.50. The van der Waals surface area contributed by atoms with E-state index in [-0.39, 0.29) is 22.4 Å². The molecule has 1 N–H and O–H groups in total. The standard InChI is InChI=1S/C24H28N2O5S/c1-17-7-2-4-11-21(17)25-23(27)16-31-24(28)19-9-6-10-20(15-19)32(29,30)26-14-13-18-8-3-5-12-22(18)26/h3,5-6,8-10,12,15,17,21H,2,4,7,11,13-14,16H2,1H3,(H,25,27). The number of ether oxygens (including phenoxy) is 1. The molecule has 1 amide bonds. The fourth-order valence-electron chi connectivity index (χ4n) is 4.46. The maximum atomic E-state index is 13.2. The fraction of sp³-hybridized carbons (Fsp3) is 0.417. The lowest BCUT2D eigenvalue weighted by Crippen LogP contribution is -2.42. The number of esters is 1. The summed E-state index contributed by atoms with van der Waals surface area (Å²) in [5.41, 5.74) is 1.73. The zero-order chi connectivity index (χ0) is 22.7. The van der Waals surface area contributed by atoms with Crippen LogP contribution in [0.5, 0.6) is 0 Å². The normalized spacial score (nSPS) is 20.5. The van der Waals surface area contributed by atoms with Gasteiger partial charge in [-0.05, 0) is 55.0 Å². The van der Waals surface area contributed by atoms with Crippen LogP contribution in [-0.2, 0) is 26.0 Å². The number of nitrogens with zero attached hydrogens (tertiary/aromatic N) is 1. The van der Waals surface area contributed by atoms with Crippen LogP contribution in [0.3, 0.4) is 0 Å². The van der Waals surface area contributed by atoms with Crippen molar-refractivity contribution >= 4 is 27.6 Å². The van der Waals surface area contributed by atoms with Crippen molar-refractivity contribution in [2.45, 2.75) is 50.0 Å². The molecule has 32 heavy (non-hydrogen) atoms. The summed E-state index contributed by atoms with van der Waals surface area (Å²) < 4.78 is 32.9. The number of para-hydroxylation sites is 1. The van der Waals surface area contributed by atoms with Gasteiger partial charge in [-0.1, -0.05) is 44.0 Å². The SMILES string of the molecule is CC1CCCCC1NC(=O)COC(=O)c1cccc(S(=O)(=O)N2CCc3ccccc32)c1. The molecular formula is C24H28N2O5S. The van der Waals surface area contributed by atoms with Gasteiger partial charge in [0, 0.05) is 12.6 Å². The predicted octanol–water partition coefficient (Wildman–Crippen LogP) is 3.29. The first-order valence-electron chi connectivity index (χ1n) is 11.0. The molecule has 0 radical (unpaired) electrons. The van der Waals surface area contributed by atoms with Crippen molar-refractivity contribution in [1.82, 2.24) is 5.32 Å². The van der Waals surface area contributed by atoms with Gasteiger partial charge in [0.1, 0.15) is 0 Å². The number of amides is 1. The number of hydrogen-bond donors (Lipinski definition) is 1. The van der Waals surface area contributed by atoms with Crippen molar-refractivity contribution in [3.8, 4) is 0 Å². The molecule has 2 aromatic carbocycles. The molecule has 2 unspecified atom stereocenters. The number of nitrogens with one attached hydrogen (secondary N) is 1. The summed E-state index contributed by atoms with van der Waals surface area (Å²) >= 11 is 0. The summed E-state index contributed by atoms with van der Waals surface area (Å²) in [6.45, 7) is 2.08. The van der Waals surface area contributed by atoms with E-state index in [1.54, 1.807) is 12.1 Å². The molecule has 1 aliphatic carbocycles. The summed E-state index contributed by atoms with van der Waals surface area (Å²) in [4.78, 5) is 24.7. The Bertz CT molecular complexity index is 1110. The monoisotopic (exact) mass is 456 g/mol. The number of sulfonamides is 1. The van der Waals surface area contributed by atoms with Crippen molar-refractivity contribution in [3.05, 3.63) is 59.7 Å². The van der Waals surface area contributed by atoms with Gasteiger partial charge in [-0.2, -0.15) is 0 Å². The quantitative estimate of drug-likeness (QED) is 0.674. The minimum absolute atomic E-state index is 0.0177. The third kappa shape index (κ3) is 4.65. The molecular weight excluding hydrogens is 428 g/mol. The highest BCUT2D eigenvalue weighted by Gasteiger charge is 2.31. The highest BCUT2D eigenvalue weighted by molar-refractivity contribution is 7.92. The number of benzene rings is 2. The second kappa shape index (κ2) is 9.32. The van der Waals surface area contributed by atoms with E-state index in [4.69, 9.17) is 4.74 Å². The fourth-order valence-corrected chi connectivity index (χ4v) is 6.01. The van der Waals surface area contributed by atoms with Gasteiger partial charge in [-0.25, -0.2) is 13.2 Å². The molecule has 1 aliphatic heterocycles. The van der Waals surface area contributed by atoms with Crippen molar-refractivity contribution < 1.29 is 22.7 Å². The minimum atomic E-state index is -3.82. The highest BCUT2D eigenvalue weighted by atomic mass is 32.2. The van der Waals surface area contributed by atoms with E-state index in [9.17, 15) is 18.0 Å². The first kappa shape index (κ1) is 22.3. The van der Waals surface area contributed by atoms with E-state index in [1.165, 1.54) is 35.0 Å². The second-order valence-electron chi connectivity index (χ2n) is 8.50.